The number of nitrogens with zero attached hydrogens (tertiary/aromatic N) is 1. The zero-order valence-electron chi connectivity index (χ0n) is 22.1. The van der Waals surface area contributed by atoms with Crippen LogP contribution in [0.15, 0.2) is 0 Å². The van der Waals surface area contributed by atoms with Crippen molar-refractivity contribution in [2.45, 2.75) is 97.2 Å². The summed E-state index contributed by atoms with van der Waals surface area (Å²) in [6.07, 6.45) is -1.76. The fourth-order valence-corrected chi connectivity index (χ4v) is 3.54. The third kappa shape index (κ3) is 8.68. The first-order chi connectivity index (χ1) is 15.9. The molecule has 0 aromatic rings. The number of likely N-dealkylation sites (tertiary alicyclic amines) is 1. The van der Waals surface area contributed by atoms with Gasteiger partial charge in [0, 0.05) is 13.0 Å². The van der Waals surface area contributed by atoms with Crippen molar-refractivity contribution in [3.8, 4) is 0 Å². The zero-order valence-corrected chi connectivity index (χ0v) is 22.1. The largest absolute Gasteiger partial charge is 0.467 e. The number of rotatable bonds is 8. The second kappa shape index (κ2) is 11.7. The first-order valence-corrected chi connectivity index (χ1v) is 11.6. The van der Waals surface area contributed by atoms with Gasteiger partial charge in [0.2, 0.25) is 17.7 Å². The number of amides is 4. The molecule has 1 rings (SSSR count). The summed E-state index contributed by atoms with van der Waals surface area (Å²) in [7, 11) is 1.21. The predicted octanol–water partition coefficient (Wildman–Crippen LogP) is 0.0700. The van der Waals surface area contributed by atoms with Crippen molar-refractivity contribution in [3.63, 3.8) is 0 Å². The average Bonchev–Trinajstić information content (AvgIpc) is 3.10. The van der Waals surface area contributed by atoms with Gasteiger partial charge >= 0.3 is 12.1 Å². The number of ether oxygens (including phenoxy) is 2. The van der Waals surface area contributed by atoms with E-state index in [-0.39, 0.29) is 18.9 Å². The molecule has 0 spiro atoms. The maximum absolute atomic E-state index is 13.3. The van der Waals surface area contributed by atoms with Crippen LogP contribution in [0.5, 0.6) is 0 Å². The average molecular weight is 501 g/mol. The lowest BCUT2D eigenvalue weighted by Crippen LogP contribution is -2.62. The topological polar surface area (TPSA) is 163 Å². The van der Waals surface area contributed by atoms with Crippen LogP contribution in [0.3, 0.4) is 0 Å². The summed E-state index contributed by atoms with van der Waals surface area (Å²) in [6.45, 7) is 12.8. The molecule has 0 aromatic carbocycles. The van der Waals surface area contributed by atoms with Gasteiger partial charge in [-0.2, -0.15) is 0 Å². The second-order valence-corrected chi connectivity index (χ2v) is 10.6. The minimum atomic E-state index is -1.47. The van der Waals surface area contributed by atoms with Gasteiger partial charge < -0.3 is 35.4 Å². The Hall–Kier alpha value is -2.89. The molecule has 1 heterocycles. The summed E-state index contributed by atoms with van der Waals surface area (Å²) in [5, 5.41) is 17.8. The molecule has 1 fully saturated rings. The monoisotopic (exact) mass is 500 g/mol. The molecular formula is C23H40N4O8. The molecule has 200 valence electrons. The number of alkyl carbamates (subject to hydrolysis) is 1. The Bertz CT molecular complexity index is 821. The maximum atomic E-state index is 13.3. The number of aliphatic hydroxyl groups is 1. The van der Waals surface area contributed by atoms with Crippen LogP contribution in [0.25, 0.3) is 0 Å². The first-order valence-electron chi connectivity index (χ1n) is 11.6. The minimum absolute atomic E-state index is 0.0236. The molecule has 0 bridgehead atoms. The number of β-amino-alcohol motifs (C(OH)–C–C–N with tert-alkyl or cyclic N) is 1. The van der Waals surface area contributed by atoms with Gasteiger partial charge in [-0.15, -0.1) is 0 Å². The van der Waals surface area contributed by atoms with Crippen molar-refractivity contribution in [2.75, 3.05) is 13.7 Å². The molecule has 0 radical (unpaired) electrons. The van der Waals surface area contributed by atoms with Gasteiger partial charge in [-0.3, -0.25) is 14.4 Å². The van der Waals surface area contributed by atoms with Gasteiger partial charge in [0.1, 0.15) is 29.3 Å². The molecule has 1 aliphatic rings. The molecule has 4 N–H and O–H groups in total. The number of hydrogen-bond donors (Lipinski definition) is 4. The van der Waals surface area contributed by atoms with Crippen molar-refractivity contribution in [1.29, 1.82) is 0 Å². The van der Waals surface area contributed by atoms with Crippen molar-refractivity contribution in [3.05, 3.63) is 0 Å². The van der Waals surface area contributed by atoms with Gasteiger partial charge in [0.15, 0.2) is 0 Å². The summed E-state index contributed by atoms with van der Waals surface area (Å²) in [6, 6.07) is -2.97. The van der Waals surface area contributed by atoms with Crippen LogP contribution in [-0.2, 0) is 28.7 Å². The molecule has 12 heteroatoms. The Kier molecular flexibility index (Phi) is 10.1. The van der Waals surface area contributed by atoms with Crippen LogP contribution >= 0.6 is 0 Å². The summed E-state index contributed by atoms with van der Waals surface area (Å²) >= 11 is 0. The Morgan fingerprint density at radius 1 is 1.00 bits per heavy atom. The SMILES string of the molecule is COC(=O)[C@@H](NC(=O)[C@@H]1C[C@@H](O)CN1C(=O)C(C)(C)NC(=O)[C@H](C)NC(=O)OC(C)(C)C)C(C)C. The number of hydrogen-bond acceptors (Lipinski definition) is 8. The molecule has 0 saturated carbocycles. The van der Waals surface area contributed by atoms with E-state index in [0.717, 1.165) is 0 Å². The third-order valence-corrected chi connectivity index (χ3v) is 5.36. The van der Waals surface area contributed by atoms with Crippen molar-refractivity contribution < 1.29 is 38.6 Å². The van der Waals surface area contributed by atoms with Gasteiger partial charge in [-0.05, 0) is 47.5 Å². The number of aliphatic hydroxyl groups excluding tert-OH is 1. The Labute approximate surface area is 206 Å². The van der Waals surface area contributed by atoms with Gasteiger partial charge in [0.25, 0.3) is 0 Å². The summed E-state index contributed by atoms with van der Waals surface area (Å²) in [4.78, 5) is 64.1. The maximum Gasteiger partial charge on any atom is 0.408 e. The zero-order chi connectivity index (χ0) is 27.3. The van der Waals surface area contributed by atoms with Crippen LogP contribution in [0, 0.1) is 5.92 Å². The van der Waals surface area contributed by atoms with Crippen molar-refractivity contribution in [2.24, 2.45) is 5.92 Å². The standard InChI is InChI=1S/C23H40N4O8/c1-12(2)16(19(31)34-9)25-18(30)15-10-14(28)11-27(15)20(32)23(7,8)26-17(29)13(3)24-21(33)35-22(4,5)6/h12-16,28H,10-11H2,1-9H3,(H,24,33)(H,25,30)(H,26,29)/t13-,14+,15-,16-/m0/s1. The second-order valence-electron chi connectivity index (χ2n) is 10.6. The van der Waals surface area contributed by atoms with E-state index in [9.17, 15) is 29.1 Å². The molecule has 1 aliphatic heterocycles. The quantitative estimate of drug-likeness (QED) is 0.340. The van der Waals surface area contributed by atoms with E-state index in [0.29, 0.717) is 0 Å². The molecule has 35 heavy (non-hydrogen) atoms. The van der Waals surface area contributed by atoms with E-state index in [1.165, 1.54) is 32.8 Å². The molecule has 12 nitrogen and oxygen atoms in total. The van der Waals surface area contributed by atoms with Gasteiger partial charge in [0.05, 0.1) is 13.2 Å². The van der Waals surface area contributed by atoms with E-state index in [1.54, 1.807) is 34.6 Å². The fourth-order valence-electron chi connectivity index (χ4n) is 3.54. The highest BCUT2D eigenvalue weighted by Crippen LogP contribution is 2.23. The summed E-state index contributed by atoms with van der Waals surface area (Å²) in [5.41, 5.74) is -2.21. The van der Waals surface area contributed by atoms with Crippen LogP contribution in [-0.4, -0.2) is 88.8 Å². The van der Waals surface area contributed by atoms with E-state index in [4.69, 9.17) is 9.47 Å². The molecule has 0 unspecified atom stereocenters. The van der Waals surface area contributed by atoms with Crippen molar-refractivity contribution in [1.82, 2.24) is 20.9 Å². The number of esters is 1. The highest BCUT2D eigenvalue weighted by atomic mass is 16.6. The number of methoxy groups -OCH3 is 1. The lowest BCUT2D eigenvalue weighted by atomic mass is 10.0. The fraction of sp³-hybridized carbons (Fsp3) is 0.783. The predicted molar refractivity (Wildman–Crippen MR) is 126 cm³/mol. The van der Waals surface area contributed by atoms with E-state index in [2.05, 4.69) is 16.0 Å². The van der Waals surface area contributed by atoms with Crippen LogP contribution in [0.2, 0.25) is 0 Å². The Morgan fingerprint density at radius 3 is 2.06 bits per heavy atom. The van der Waals surface area contributed by atoms with Crippen LogP contribution in [0.4, 0.5) is 4.79 Å². The van der Waals surface area contributed by atoms with E-state index >= 15 is 0 Å². The van der Waals surface area contributed by atoms with E-state index in [1.807, 2.05) is 0 Å². The molecule has 0 aromatic heterocycles. The minimum Gasteiger partial charge on any atom is -0.467 e. The van der Waals surface area contributed by atoms with Gasteiger partial charge in [-0.25, -0.2) is 9.59 Å². The lowest BCUT2D eigenvalue weighted by molar-refractivity contribution is -0.148. The van der Waals surface area contributed by atoms with Gasteiger partial charge in [-0.1, -0.05) is 13.8 Å². The molecular weight excluding hydrogens is 460 g/mol. The Morgan fingerprint density at radius 2 is 1.57 bits per heavy atom. The number of carbonyl (C=O) groups is 5. The lowest BCUT2D eigenvalue weighted by Gasteiger charge is -2.34. The highest BCUT2D eigenvalue weighted by molar-refractivity contribution is 5.97. The summed E-state index contributed by atoms with van der Waals surface area (Å²) < 4.78 is 9.87. The molecule has 0 aliphatic carbocycles. The number of carbonyl (C=O) groups excluding carboxylic acids is 5. The normalized spacial score (nSPS) is 20.0. The van der Waals surface area contributed by atoms with E-state index < -0.39 is 65.2 Å². The smallest absolute Gasteiger partial charge is 0.408 e. The Balaban J connectivity index is 2.93. The van der Waals surface area contributed by atoms with Crippen LogP contribution < -0.4 is 16.0 Å². The summed E-state index contributed by atoms with van der Waals surface area (Å²) in [5.74, 6) is -2.74. The van der Waals surface area contributed by atoms with Crippen molar-refractivity contribution >= 4 is 29.8 Å². The first kappa shape index (κ1) is 30.1. The third-order valence-electron chi connectivity index (χ3n) is 5.36. The van der Waals surface area contributed by atoms with Crippen LogP contribution in [0.1, 0.15) is 61.8 Å². The number of nitrogens with one attached hydrogen (secondary N) is 3. The highest BCUT2D eigenvalue weighted by Gasteiger charge is 2.45. The molecule has 4 atom stereocenters. The molecule has 1 saturated heterocycles. The molecule has 4 amide bonds.